The quantitative estimate of drug-likeness (QED) is 0.812. The molecule has 2 aliphatic rings. The first-order valence-corrected chi connectivity index (χ1v) is 9.87. The minimum Gasteiger partial charge on any atom is -0.375 e. The van der Waals surface area contributed by atoms with Crippen LogP contribution in [0.2, 0.25) is 0 Å². The Hall–Kier alpha value is -2.15. The summed E-state index contributed by atoms with van der Waals surface area (Å²) < 4.78 is 4.90. The Morgan fingerprint density at radius 1 is 1.22 bits per heavy atom. The number of hydrogen-bond acceptors (Lipinski definition) is 5. The second-order valence-corrected chi connectivity index (χ2v) is 7.48. The van der Waals surface area contributed by atoms with Crippen LogP contribution >= 0.6 is 0 Å². The van der Waals surface area contributed by atoms with Gasteiger partial charge in [0, 0.05) is 51.9 Å². The normalized spacial score (nSPS) is 21.1. The SMILES string of the molecule is COCC(=O)N1CCC(C(=O)NC[C@@H]2CCCN(c3ccccn3)C2)CC1. The van der Waals surface area contributed by atoms with Crippen molar-refractivity contribution in [1.82, 2.24) is 15.2 Å². The van der Waals surface area contributed by atoms with Gasteiger partial charge >= 0.3 is 0 Å². The van der Waals surface area contributed by atoms with Crippen LogP contribution in [0.1, 0.15) is 25.7 Å². The summed E-state index contributed by atoms with van der Waals surface area (Å²) in [6.45, 7) is 4.06. The fourth-order valence-corrected chi connectivity index (χ4v) is 3.98. The molecule has 0 unspecified atom stereocenters. The largest absolute Gasteiger partial charge is 0.375 e. The Morgan fingerprint density at radius 3 is 2.74 bits per heavy atom. The third kappa shape index (κ3) is 5.42. The molecule has 0 spiro atoms. The Bertz CT molecular complexity index is 617. The number of amides is 2. The van der Waals surface area contributed by atoms with Gasteiger partial charge in [0.2, 0.25) is 11.8 Å². The number of piperidine rings is 2. The number of rotatable bonds is 6. The molecule has 0 aliphatic carbocycles. The molecule has 148 valence electrons. The molecule has 0 bridgehead atoms. The van der Waals surface area contributed by atoms with Gasteiger partial charge in [0.15, 0.2) is 0 Å². The van der Waals surface area contributed by atoms with Crippen LogP contribution in [-0.4, -0.2) is 68.1 Å². The van der Waals surface area contributed by atoms with E-state index in [0.717, 1.165) is 44.6 Å². The summed E-state index contributed by atoms with van der Waals surface area (Å²) in [5.74, 6) is 1.61. The second-order valence-electron chi connectivity index (χ2n) is 7.48. The highest BCUT2D eigenvalue weighted by Gasteiger charge is 2.28. The zero-order valence-corrected chi connectivity index (χ0v) is 16.1. The van der Waals surface area contributed by atoms with Crippen molar-refractivity contribution in [1.29, 1.82) is 0 Å². The number of aromatic nitrogens is 1. The van der Waals surface area contributed by atoms with Gasteiger partial charge < -0.3 is 19.9 Å². The number of anilines is 1. The molecule has 1 N–H and O–H groups in total. The first-order chi connectivity index (χ1) is 13.2. The van der Waals surface area contributed by atoms with Crippen molar-refractivity contribution in [2.75, 3.05) is 51.3 Å². The first-order valence-electron chi connectivity index (χ1n) is 9.87. The fourth-order valence-electron chi connectivity index (χ4n) is 3.98. The maximum absolute atomic E-state index is 12.5. The molecule has 1 aromatic heterocycles. The minimum absolute atomic E-state index is 0.00655. The number of likely N-dealkylation sites (tertiary alicyclic amines) is 1. The van der Waals surface area contributed by atoms with E-state index in [2.05, 4.69) is 15.2 Å². The Morgan fingerprint density at radius 2 is 2.04 bits per heavy atom. The van der Waals surface area contributed by atoms with Crippen molar-refractivity contribution in [3.8, 4) is 0 Å². The second kappa shape index (κ2) is 9.69. The van der Waals surface area contributed by atoms with Crippen molar-refractivity contribution >= 4 is 17.6 Å². The number of hydrogen-bond donors (Lipinski definition) is 1. The summed E-state index contributed by atoms with van der Waals surface area (Å²) >= 11 is 0. The molecule has 3 rings (SSSR count). The van der Waals surface area contributed by atoms with Crippen molar-refractivity contribution < 1.29 is 14.3 Å². The molecule has 2 fully saturated rings. The van der Waals surface area contributed by atoms with Gasteiger partial charge in [-0.25, -0.2) is 4.98 Å². The smallest absolute Gasteiger partial charge is 0.248 e. The predicted molar refractivity (Wildman–Crippen MR) is 103 cm³/mol. The minimum atomic E-state index is 0.00655. The van der Waals surface area contributed by atoms with Crippen LogP contribution in [0.25, 0.3) is 0 Å². The van der Waals surface area contributed by atoms with Crippen LogP contribution in [0.4, 0.5) is 5.82 Å². The number of methoxy groups -OCH3 is 1. The van der Waals surface area contributed by atoms with Gasteiger partial charge in [-0.15, -0.1) is 0 Å². The van der Waals surface area contributed by atoms with Crippen LogP contribution in [0.5, 0.6) is 0 Å². The molecule has 2 saturated heterocycles. The molecular formula is C20H30N4O3. The highest BCUT2D eigenvalue weighted by Crippen LogP contribution is 2.22. The number of ether oxygens (including phenoxy) is 1. The standard InChI is InChI=1S/C20H30N4O3/c1-27-15-19(25)23-11-7-17(8-12-23)20(26)22-13-16-5-4-10-24(14-16)18-6-2-3-9-21-18/h2-3,6,9,16-17H,4-5,7-8,10-15H2,1H3,(H,22,26)/t16-/m0/s1. The monoisotopic (exact) mass is 374 g/mol. The Balaban J connectivity index is 1.41. The predicted octanol–water partition coefficient (Wildman–Crippen LogP) is 1.30. The third-order valence-electron chi connectivity index (χ3n) is 5.54. The topological polar surface area (TPSA) is 74.8 Å². The van der Waals surface area contributed by atoms with Gasteiger partial charge in [-0.2, -0.15) is 0 Å². The summed E-state index contributed by atoms with van der Waals surface area (Å²) in [6.07, 6.45) is 5.53. The maximum Gasteiger partial charge on any atom is 0.248 e. The third-order valence-corrected chi connectivity index (χ3v) is 5.54. The van der Waals surface area contributed by atoms with Gasteiger partial charge in [0.05, 0.1) is 0 Å². The number of carbonyl (C=O) groups is 2. The summed E-state index contributed by atoms with van der Waals surface area (Å²) in [7, 11) is 1.53. The van der Waals surface area contributed by atoms with Crippen LogP contribution in [0.15, 0.2) is 24.4 Å². The van der Waals surface area contributed by atoms with Crippen LogP contribution in [0.3, 0.4) is 0 Å². The molecule has 7 nitrogen and oxygen atoms in total. The van der Waals surface area contributed by atoms with Gasteiger partial charge in [0.25, 0.3) is 0 Å². The molecule has 0 radical (unpaired) electrons. The van der Waals surface area contributed by atoms with E-state index in [9.17, 15) is 9.59 Å². The molecular weight excluding hydrogens is 344 g/mol. The van der Waals surface area contributed by atoms with Gasteiger partial charge in [0.1, 0.15) is 12.4 Å². The molecule has 27 heavy (non-hydrogen) atoms. The summed E-state index contributed by atoms with van der Waals surface area (Å²) in [5, 5.41) is 3.15. The Labute approximate surface area is 161 Å². The lowest BCUT2D eigenvalue weighted by Crippen LogP contribution is -2.46. The molecule has 0 saturated carbocycles. The van der Waals surface area contributed by atoms with E-state index in [1.807, 2.05) is 24.4 Å². The van der Waals surface area contributed by atoms with Crippen LogP contribution in [0, 0.1) is 11.8 Å². The van der Waals surface area contributed by atoms with Crippen molar-refractivity contribution in [3.05, 3.63) is 24.4 Å². The van der Waals surface area contributed by atoms with Crippen LogP contribution < -0.4 is 10.2 Å². The van der Waals surface area contributed by atoms with Crippen molar-refractivity contribution in [3.63, 3.8) is 0 Å². The number of nitrogens with zero attached hydrogens (tertiary/aromatic N) is 3. The summed E-state index contributed by atoms with van der Waals surface area (Å²) in [5.41, 5.74) is 0. The zero-order valence-electron chi connectivity index (χ0n) is 16.1. The van der Waals surface area contributed by atoms with Gasteiger partial charge in [-0.05, 0) is 43.7 Å². The molecule has 1 aromatic rings. The molecule has 1 atom stereocenters. The lowest BCUT2D eigenvalue weighted by Gasteiger charge is -2.34. The number of carbonyl (C=O) groups excluding carboxylic acids is 2. The number of nitrogens with one attached hydrogen (secondary N) is 1. The van der Waals surface area contributed by atoms with Gasteiger partial charge in [-0.3, -0.25) is 9.59 Å². The van der Waals surface area contributed by atoms with E-state index >= 15 is 0 Å². The average Bonchev–Trinajstić information content (AvgIpc) is 2.73. The highest BCUT2D eigenvalue weighted by molar-refractivity contribution is 5.80. The molecule has 3 heterocycles. The fraction of sp³-hybridized carbons (Fsp3) is 0.650. The van der Waals surface area contributed by atoms with E-state index in [1.54, 1.807) is 4.90 Å². The molecule has 7 heteroatoms. The molecule has 0 aromatic carbocycles. The summed E-state index contributed by atoms with van der Waals surface area (Å²) in [4.78, 5) is 32.9. The van der Waals surface area contributed by atoms with E-state index < -0.39 is 0 Å². The van der Waals surface area contributed by atoms with E-state index in [-0.39, 0.29) is 24.3 Å². The van der Waals surface area contributed by atoms with Gasteiger partial charge in [-0.1, -0.05) is 6.07 Å². The van der Waals surface area contributed by atoms with E-state index in [0.29, 0.717) is 25.6 Å². The van der Waals surface area contributed by atoms with E-state index in [4.69, 9.17) is 4.74 Å². The lowest BCUT2D eigenvalue weighted by molar-refractivity contribution is -0.138. The maximum atomic E-state index is 12.5. The number of pyridine rings is 1. The first kappa shape index (κ1) is 19.6. The molecule has 2 amide bonds. The van der Waals surface area contributed by atoms with Crippen LogP contribution in [-0.2, 0) is 14.3 Å². The zero-order chi connectivity index (χ0) is 19.1. The Kier molecular flexibility index (Phi) is 7.04. The van der Waals surface area contributed by atoms with Crippen molar-refractivity contribution in [2.24, 2.45) is 11.8 Å². The summed E-state index contributed by atoms with van der Waals surface area (Å²) in [6, 6.07) is 5.98. The highest BCUT2D eigenvalue weighted by atomic mass is 16.5. The van der Waals surface area contributed by atoms with Crippen molar-refractivity contribution in [2.45, 2.75) is 25.7 Å². The average molecular weight is 374 g/mol. The molecule has 2 aliphatic heterocycles. The van der Waals surface area contributed by atoms with E-state index in [1.165, 1.54) is 7.11 Å². The lowest BCUT2D eigenvalue weighted by atomic mass is 9.94.